The number of alkyl halides is 2. The minimum Gasteiger partial charge on any atom is -0.324 e. The number of likely N-dealkylation sites (tertiary alicyclic amines) is 1. The molecule has 8 heteroatoms. The molecular weight excluding hydrogens is 520 g/mol. The first-order valence-corrected chi connectivity index (χ1v) is 13.1. The molecule has 1 saturated heterocycles. The number of imide groups is 1. The summed E-state index contributed by atoms with van der Waals surface area (Å²) in [6.45, 7) is 1.96. The van der Waals surface area contributed by atoms with Crippen LogP contribution in [0.2, 0.25) is 0 Å². The van der Waals surface area contributed by atoms with E-state index in [1.54, 1.807) is 11.8 Å². The van der Waals surface area contributed by atoms with E-state index in [4.69, 9.17) is 0 Å². The molecule has 1 aliphatic heterocycles. The molecule has 2 aliphatic carbocycles. The molecule has 2 bridgehead atoms. The lowest BCUT2D eigenvalue weighted by molar-refractivity contribution is -0.147. The molecule has 3 amide bonds. The average molecular weight is 544 g/mol. The maximum atomic E-state index is 13.3. The number of thioether (sulfide) groups is 1. The highest BCUT2D eigenvalue weighted by Gasteiger charge is 2.67. The molecule has 7 atom stereocenters. The molecule has 1 heterocycles. The van der Waals surface area contributed by atoms with E-state index in [0.29, 0.717) is 17.9 Å². The molecule has 2 saturated carbocycles. The SMILES string of the molecule is CSCC[C@H](C(=O)Nc1cccc(C)c1)N1C(=O)[C@H]2[C@@H]3C[C@H]([C@@H](Br)[C@H]3Br)[C@@H]2C1=O. The Kier molecular flexibility index (Phi) is 6.15. The van der Waals surface area contributed by atoms with Gasteiger partial charge in [0.1, 0.15) is 6.04 Å². The van der Waals surface area contributed by atoms with Crippen molar-refractivity contribution in [1.29, 1.82) is 0 Å². The van der Waals surface area contributed by atoms with Gasteiger partial charge in [0.15, 0.2) is 0 Å². The molecule has 4 rings (SSSR count). The average Bonchev–Trinajstić information content (AvgIpc) is 3.28. The zero-order valence-electron chi connectivity index (χ0n) is 16.3. The lowest BCUT2D eigenvalue weighted by Gasteiger charge is -2.28. The predicted molar refractivity (Wildman–Crippen MR) is 122 cm³/mol. The molecule has 0 spiro atoms. The van der Waals surface area contributed by atoms with Crippen molar-refractivity contribution in [1.82, 2.24) is 4.90 Å². The zero-order valence-corrected chi connectivity index (χ0v) is 20.3. The number of carbonyl (C=O) groups is 3. The molecule has 1 N–H and O–H groups in total. The lowest BCUT2D eigenvalue weighted by atomic mass is 9.81. The Balaban J connectivity index is 1.59. The Morgan fingerprint density at radius 2 is 1.83 bits per heavy atom. The molecule has 1 aromatic carbocycles. The third kappa shape index (κ3) is 3.59. The summed E-state index contributed by atoms with van der Waals surface area (Å²) in [5, 5.41) is 2.92. The van der Waals surface area contributed by atoms with E-state index >= 15 is 0 Å². The molecule has 3 fully saturated rings. The van der Waals surface area contributed by atoms with Crippen LogP contribution in [0.4, 0.5) is 5.69 Å². The number of aryl methyl sites for hydroxylation is 1. The summed E-state index contributed by atoms with van der Waals surface area (Å²) in [5.41, 5.74) is 1.72. The summed E-state index contributed by atoms with van der Waals surface area (Å²) in [6.07, 6.45) is 3.31. The first-order chi connectivity index (χ1) is 13.8. The molecule has 5 nitrogen and oxygen atoms in total. The van der Waals surface area contributed by atoms with Crippen molar-refractivity contribution in [2.24, 2.45) is 23.7 Å². The highest BCUT2D eigenvalue weighted by molar-refractivity contribution is 9.12. The topological polar surface area (TPSA) is 66.5 Å². The molecule has 0 radical (unpaired) electrons. The monoisotopic (exact) mass is 542 g/mol. The summed E-state index contributed by atoms with van der Waals surface area (Å²) >= 11 is 9.03. The first kappa shape index (κ1) is 21.4. The highest BCUT2D eigenvalue weighted by Crippen LogP contribution is 2.60. The van der Waals surface area contributed by atoms with Crippen molar-refractivity contribution in [2.75, 3.05) is 17.3 Å². The van der Waals surface area contributed by atoms with Gasteiger partial charge in [-0.25, -0.2) is 0 Å². The summed E-state index contributed by atoms with van der Waals surface area (Å²) in [5.74, 6) is -0.210. The van der Waals surface area contributed by atoms with Crippen molar-refractivity contribution in [2.45, 2.75) is 35.5 Å². The second kappa shape index (κ2) is 8.35. The Hall–Kier alpha value is -0.860. The largest absolute Gasteiger partial charge is 0.324 e. The Labute approximate surface area is 192 Å². The number of halogens is 2. The predicted octanol–water partition coefficient (Wildman–Crippen LogP) is 3.83. The van der Waals surface area contributed by atoms with E-state index < -0.39 is 6.04 Å². The number of rotatable bonds is 6. The maximum Gasteiger partial charge on any atom is 0.247 e. The normalized spacial score (nSPS) is 33.9. The lowest BCUT2D eigenvalue weighted by Crippen LogP contribution is -2.48. The van der Waals surface area contributed by atoms with Crippen molar-refractivity contribution in [3.8, 4) is 0 Å². The van der Waals surface area contributed by atoms with Crippen LogP contribution in [0.3, 0.4) is 0 Å². The Morgan fingerprint density at radius 3 is 2.38 bits per heavy atom. The van der Waals surface area contributed by atoms with Crippen molar-refractivity contribution >= 4 is 67.0 Å². The number of hydrogen-bond acceptors (Lipinski definition) is 4. The number of fused-ring (bicyclic) bond motifs is 5. The molecule has 156 valence electrons. The van der Waals surface area contributed by atoms with Gasteiger partial charge in [0.25, 0.3) is 0 Å². The van der Waals surface area contributed by atoms with Gasteiger partial charge < -0.3 is 5.32 Å². The molecule has 1 aromatic rings. The fourth-order valence-corrected chi connectivity index (χ4v) is 7.57. The van der Waals surface area contributed by atoms with E-state index in [9.17, 15) is 14.4 Å². The third-order valence-electron chi connectivity index (χ3n) is 6.52. The van der Waals surface area contributed by atoms with Crippen LogP contribution in [-0.2, 0) is 14.4 Å². The molecule has 3 aliphatic rings. The van der Waals surface area contributed by atoms with Crippen molar-refractivity contribution in [3.63, 3.8) is 0 Å². The van der Waals surface area contributed by atoms with Crippen molar-refractivity contribution < 1.29 is 14.4 Å². The quantitative estimate of drug-likeness (QED) is 0.437. The maximum absolute atomic E-state index is 13.3. The zero-order chi connectivity index (χ0) is 20.9. The van der Waals surface area contributed by atoms with E-state index in [0.717, 1.165) is 12.0 Å². The number of carbonyl (C=O) groups excluding carboxylic acids is 3. The molecule has 29 heavy (non-hydrogen) atoms. The van der Waals surface area contributed by atoms with Crippen LogP contribution in [0.15, 0.2) is 24.3 Å². The summed E-state index contributed by atoms with van der Waals surface area (Å²) in [6, 6.07) is 6.78. The van der Waals surface area contributed by atoms with Gasteiger partial charge in [-0.2, -0.15) is 11.8 Å². The standard InChI is InChI=1S/C21H24Br2N2O3S/c1-10-4-3-5-11(8-10)24-19(26)14(6-7-29-2)25-20(27)15-12-9-13(16(15)21(25)28)18(23)17(12)22/h3-5,8,12-18H,6-7,9H2,1-2H3,(H,24,26)/t12-,13-,14+,15-,16-,17-,18+/m0/s1. The number of benzene rings is 1. The van der Waals surface area contributed by atoms with Gasteiger partial charge >= 0.3 is 0 Å². The van der Waals surface area contributed by atoms with E-state index in [-0.39, 0.29) is 51.0 Å². The van der Waals surface area contributed by atoms with Gasteiger partial charge in [-0.15, -0.1) is 0 Å². The second-order valence-electron chi connectivity index (χ2n) is 8.21. The number of anilines is 1. The highest BCUT2D eigenvalue weighted by atomic mass is 79.9. The molecule has 0 unspecified atom stereocenters. The fraction of sp³-hybridized carbons (Fsp3) is 0.571. The van der Waals surface area contributed by atoms with E-state index in [1.807, 2.05) is 37.4 Å². The minimum absolute atomic E-state index is 0.150. The van der Waals surface area contributed by atoms with Gasteiger partial charge in [0, 0.05) is 15.3 Å². The second-order valence-corrected chi connectivity index (χ2v) is 11.3. The smallest absolute Gasteiger partial charge is 0.247 e. The van der Waals surface area contributed by atoms with Gasteiger partial charge in [0.2, 0.25) is 17.7 Å². The van der Waals surface area contributed by atoms with Crippen LogP contribution < -0.4 is 5.32 Å². The van der Waals surface area contributed by atoms with Gasteiger partial charge in [-0.3, -0.25) is 19.3 Å². The van der Waals surface area contributed by atoms with Crippen molar-refractivity contribution in [3.05, 3.63) is 29.8 Å². The molecule has 0 aromatic heterocycles. The molecular formula is C21H24Br2N2O3S. The summed E-state index contributed by atoms with van der Waals surface area (Å²) in [4.78, 5) is 41.5. The summed E-state index contributed by atoms with van der Waals surface area (Å²) in [7, 11) is 0. The number of amides is 3. The minimum atomic E-state index is -0.768. The van der Waals surface area contributed by atoms with E-state index in [1.165, 1.54) is 4.90 Å². The van der Waals surface area contributed by atoms with Crippen LogP contribution in [0.1, 0.15) is 18.4 Å². The fourth-order valence-electron chi connectivity index (χ4n) is 5.23. The summed E-state index contributed by atoms with van der Waals surface area (Å²) < 4.78 is 0. The third-order valence-corrected chi connectivity index (χ3v) is 10.4. The van der Waals surface area contributed by atoms with Gasteiger partial charge in [0.05, 0.1) is 11.8 Å². The number of hydrogen-bond donors (Lipinski definition) is 1. The first-order valence-electron chi connectivity index (χ1n) is 9.86. The van der Waals surface area contributed by atoms with E-state index in [2.05, 4.69) is 37.2 Å². The van der Waals surface area contributed by atoms with Gasteiger partial charge in [-0.05, 0) is 61.3 Å². The van der Waals surface area contributed by atoms with Crippen LogP contribution in [0.25, 0.3) is 0 Å². The Morgan fingerprint density at radius 1 is 1.21 bits per heavy atom. The number of nitrogens with zero attached hydrogens (tertiary/aromatic N) is 1. The van der Waals surface area contributed by atoms with Crippen LogP contribution in [-0.4, -0.2) is 50.3 Å². The number of nitrogens with one attached hydrogen (secondary N) is 1. The van der Waals surface area contributed by atoms with Crippen LogP contribution in [0, 0.1) is 30.6 Å². The van der Waals surface area contributed by atoms with Crippen LogP contribution in [0.5, 0.6) is 0 Å². The van der Waals surface area contributed by atoms with Gasteiger partial charge in [-0.1, -0.05) is 44.0 Å². The van der Waals surface area contributed by atoms with Crippen LogP contribution >= 0.6 is 43.6 Å². The Bertz CT molecular complexity index is 819.